The Labute approximate surface area is 316 Å². The molecule has 0 amide bonds. The smallest absolute Gasteiger partial charge is 0.216 e. The molecule has 0 bridgehead atoms. The third-order valence-electron chi connectivity index (χ3n) is 8.95. The van der Waals surface area contributed by atoms with E-state index >= 15 is 0 Å². The number of fused-ring (bicyclic) bond motifs is 5. The molecular weight excluding hydrogens is 821 g/mol. The van der Waals surface area contributed by atoms with Crippen molar-refractivity contribution in [3.05, 3.63) is 151 Å². The molecule has 9 rings (SSSR count). The van der Waals surface area contributed by atoms with Gasteiger partial charge >= 0.3 is 0 Å². The first kappa shape index (κ1) is 30.6. The van der Waals surface area contributed by atoms with E-state index in [9.17, 15) is 0 Å². The van der Waals surface area contributed by atoms with E-state index in [-0.39, 0.29) is 20.1 Å². The van der Waals surface area contributed by atoms with Gasteiger partial charge in [-0.05, 0) is 53.5 Å². The number of pyridine rings is 2. The number of para-hydroxylation sites is 2. The number of imidazole rings is 1. The first-order valence-electron chi connectivity index (χ1n) is 18.1. The molecule has 7 heteroatoms. The zero-order chi connectivity index (χ0) is 36.9. The fraction of sp³-hybridized carbons (Fsp3) is 0.114. The maximum atomic E-state index is 7.35. The molecule has 1 radical (unpaired) electrons. The first-order valence-corrected chi connectivity index (χ1v) is 20.1. The maximum Gasteiger partial charge on any atom is 0.216 e. The van der Waals surface area contributed by atoms with Gasteiger partial charge in [0.2, 0.25) is 5.71 Å². The van der Waals surface area contributed by atoms with E-state index in [2.05, 4.69) is 107 Å². The fourth-order valence-corrected chi connectivity index (χ4v) is 7.34. The van der Waals surface area contributed by atoms with Crippen molar-refractivity contribution in [3.63, 3.8) is 0 Å². The van der Waals surface area contributed by atoms with Crippen LogP contribution >= 0.6 is 0 Å². The molecule has 9 aromatic rings. The standard InChI is InChI=1S/C29H18N3O.C15H18NSi.Ir/c1-18-16-17-22-21-11-7-12-23(27(21)33-29(22)30-18)28-31-24-13-4-5-14-26(24)32(28)25-15-6-9-19-8-2-3-10-20(19)25;1-12-5-7-13(8-6-12)15-10-9-14(11-16-15)17(2,3)4;/h2-11,13-17H,1H3;5-7,9-11H,1-4H3;/q2*-1;/i;1D3;. The first-order chi connectivity index (χ1) is 25.5. The topological polar surface area (TPSA) is 56.7 Å². The Morgan fingerprint density at radius 2 is 1.59 bits per heavy atom. The van der Waals surface area contributed by atoms with Crippen LogP contribution in [0, 0.1) is 25.9 Å². The van der Waals surface area contributed by atoms with Gasteiger partial charge < -0.3 is 14.0 Å². The summed E-state index contributed by atoms with van der Waals surface area (Å²) in [5, 5.41) is 5.67. The van der Waals surface area contributed by atoms with Gasteiger partial charge in [0.25, 0.3) is 0 Å². The van der Waals surface area contributed by atoms with Crippen molar-refractivity contribution in [3.8, 4) is 28.3 Å². The van der Waals surface area contributed by atoms with Gasteiger partial charge in [-0.3, -0.25) is 4.98 Å². The molecule has 4 heterocycles. The minimum absolute atomic E-state index is 0. The van der Waals surface area contributed by atoms with Crippen molar-refractivity contribution >= 4 is 57.1 Å². The molecule has 0 aliphatic carbocycles. The second-order valence-electron chi connectivity index (χ2n) is 13.4. The number of benzene rings is 5. The van der Waals surface area contributed by atoms with Crippen molar-refractivity contribution in [2.75, 3.05) is 0 Å². The molecule has 5 aromatic carbocycles. The van der Waals surface area contributed by atoms with Gasteiger partial charge in [-0.25, -0.2) is 4.98 Å². The van der Waals surface area contributed by atoms with Gasteiger partial charge in [0.15, 0.2) is 0 Å². The number of aromatic nitrogens is 4. The van der Waals surface area contributed by atoms with E-state index < -0.39 is 14.9 Å². The van der Waals surface area contributed by atoms with Gasteiger partial charge in [-0.2, -0.15) is 0 Å². The van der Waals surface area contributed by atoms with Crippen LogP contribution in [-0.4, -0.2) is 27.6 Å². The summed E-state index contributed by atoms with van der Waals surface area (Å²) in [6.45, 7) is 6.73. The molecule has 51 heavy (non-hydrogen) atoms. The van der Waals surface area contributed by atoms with Crippen LogP contribution in [0.1, 0.15) is 15.4 Å². The molecule has 0 aliphatic heterocycles. The van der Waals surface area contributed by atoms with Crippen LogP contribution in [0.4, 0.5) is 0 Å². The van der Waals surface area contributed by atoms with E-state index in [1.165, 1.54) is 22.0 Å². The Bertz CT molecular complexity index is 2710. The third kappa shape index (κ3) is 6.56. The van der Waals surface area contributed by atoms with Crippen molar-refractivity contribution in [1.29, 1.82) is 0 Å². The van der Waals surface area contributed by atoms with Gasteiger partial charge in [-0.15, -0.1) is 53.6 Å². The number of hydrogen-bond acceptors (Lipinski definition) is 4. The predicted molar refractivity (Wildman–Crippen MR) is 209 cm³/mol. The molecule has 5 nitrogen and oxygen atoms in total. The summed E-state index contributed by atoms with van der Waals surface area (Å²) >= 11 is 0. The second-order valence-corrected chi connectivity index (χ2v) is 18.5. The second kappa shape index (κ2) is 13.8. The van der Waals surface area contributed by atoms with Crippen molar-refractivity contribution < 1.29 is 28.6 Å². The molecule has 0 N–H and O–H groups in total. The zero-order valence-electron chi connectivity index (χ0n) is 31.7. The van der Waals surface area contributed by atoms with E-state index in [0.717, 1.165) is 61.4 Å². The van der Waals surface area contributed by atoms with Gasteiger partial charge in [-0.1, -0.05) is 98.1 Å². The average molecular weight is 860 g/mol. The number of nitrogens with zero attached hydrogens (tertiary/aromatic N) is 4. The quantitative estimate of drug-likeness (QED) is 0.131. The molecule has 0 fully saturated rings. The van der Waals surface area contributed by atoms with Crippen LogP contribution in [0.25, 0.3) is 72.2 Å². The van der Waals surface area contributed by atoms with E-state index in [4.69, 9.17) is 13.5 Å². The Balaban J connectivity index is 0.000000186. The van der Waals surface area contributed by atoms with Crippen LogP contribution in [-0.2, 0) is 20.1 Å². The van der Waals surface area contributed by atoms with Crippen molar-refractivity contribution in [2.45, 2.75) is 33.4 Å². The molecular formula is C44H36IrN4OSi-2. The summed E-state index contributed by atoms with van der Waals surface area (Å²) in [5.41, 5.74) is 8.13. The summed E-state index contributed by atoms with van der Waals surface area (Å²) in [7, 11) is -1.34. The molecule has 0 spiro atoms. The summed E-state index contributed by atoms with van der Waals surface area (Å²) in [5.74, 6) is 0.800. The predicted octanol–water partition coefficient (Wildman–Crippen LogP) is 10.6. The Hall–Kier alpha value is -5.20. The largest absolute Gasteiger partial charge is 0.486 e. The van der Waals surface area contributed by atoms with E-state index in [1.54, 1.807) is 12.1 Å². The zero-order valence-corrected chi connectivity index (χ0v) is 32.0. The Morgan fingerprint density at radius 1 is 0.765 bits per heavy atom. The molecule has 4 aromatic heterocycles. The molecule has 0 atom stereocenters. The molecule has 0 unspecified atom stereocenters. The summed E-state index contributed by atoms with van der Waals surface area (Å²) < 4.78 is 30.6. The van der Waals surface area contributed by atoms with E-state index in [0.29, 0.717) is 11.3 Å². The maximum absolute atomic E-state index is 7.35. The minimum atomic E-state index is -2.08. The van der Waals surface area contributed by atoms with Crippen LogP contribution in [0.15, 0.2) is 132 Å². The van der Waals surface area contributed by atoms with E-state index in [1.807, 2.05) is 55.6 Å². The summed E-state index contributed by atoms with van der Waals surface area (Å²) in [4.78, 5) is 14.1. The number of aryl methyl sites for hydroxylation is 2. The average Bonchev–Trinajstić information content (AvgIpc) is 3.72. The minimum Gasteiger partial charge on any atom is -0.486 e. The van der Waals surface area contributed by atoms with Crippen LogP contribution < -0.4 is 5.19 Å². The Kier molecular flexibility index (Phi) is 8.31. The van der Waals surface area contributed by atoms with Crippen LogP contribution in [0.2, 0.25) is 19.6 Å². The fourth-order valence-electron chi connectivity index (χ4n) is 6.30. The molecule has 253 valence electrons. The number of furan rings is 1. The summed E-state index contributed by atoms with van der Waals surface area (Å²) in [6.07, 6.45) is 1.92. The van der Waals surface area contributed by atoms with Gasteiger partial charge in [0.1, 0.15) is 0 Å². The third-order valence-corrected chi connectivity index (χ3v) is 11.0. The SMILES string of the molecule is Cc1ccc2c(n1)oc1c(-c3nc4ccccc4n3-c3cccc4ccccc34)[c-]ccc12.[2H]C([2H])([2H])c1c[c-]c(-c2ccc([Si](C)(C)C)cn2)cc1.[Ir]. The summed E-state index contributed by atoms with van der Waals surface area (Å²) in [6, 6.07) is 46.5. The monoisotopic (exact) mass is 860 g/mol. The van der Waals surface area contributed by atoms with Crippen molar-refractivity contribution in [1.82, 2.24) is 19.5 Å². The molecule has 0 aliphatic rings. The van der Waals surface area contributed by atoms with Crippen molar-refractivity contribution in [2.24, 2.45) is 0 Å². The normalized spacial score (nSPS) is 12.6. The number of rotatable bonds is 4. The van der Waals surface area contributed by atoms with Crippen LogP contribution in [0.3, 0.4) is 0 Å². The molecule has 0 saturated carbocycles. The van der Waals surface area contributed by atoms with Gasteiger partial charge in [0, 0.05) is 52.6 Å². The van der Waals surface area contributed by atoms with Gasteiger partial charge in [0.05, 0.1) is 30.5 Å². The number of hydrogen-bond donors (Lipinski definition) is 0. The molecule has 0 saturated heterocycles. The van der Waals surface area contributed by atoms with Crippen LogP contribution in [0.5, 0.6) is 0 Å². The Morgan fingerprint density at radius 3 is 2.37 bits per heavy atom.